The molecule has 0 aromatic heterocycles. The van der Waals surface area contributed by atoms with Crippen molar-refractivity contribution >= 4 is 17.8 Å². The molecule has 0 radical (unpaired) electrons. The maximum Gasteiger partial charge on any atom is 0.325 e. The Balaban J connectivity index is 1.70. The maximum atomic E-state index is 12.7. The summed E-state index contributed by atoms with van der Waals surface area (Å²) in [6.07, 6.45) is 2.24. The molecule has 2 atom stereocenters. The van der Waals surface area contributed by atoms with E-state index in [1.54, 1.807) is 19.1 Å². The van der Waals surface area contributed by atoms with Gasteiger partial charge in [0.25, 0.3) is 5.91 Å². The topological polar surface area (TPSA) is 78.5 Å². The molecule has 1 aliphatic carbocycles. The highest BCUT2D eigenvalue weighted by Gasteiger charge is 2.49. The van der Waals surface area contributed by atoms with Crippen molar-refractivity contribution in [2.75, 3.05) is 6.54 Å². The Morgan fingerprint density at radius 2 is 2.00 bits per heavy atom. The zero-order valence-corrected chi connectivity index (χ0v) is 13.3. The van der Waals surface area contributed by atoms with E-state index in [0.29, 0.717) is 11.5 Å². The lowest BCUT2D eigenvalue weighted by molar-refractivity contribution is -0.135. The van der Waals surface area contributed by atoms with Gasteiger partial charge in [0.15, 0.2) is 0 Å². The second-order valence-corrected chi connectivity index (χ2v) is 6.51. The maximum absolute atomic E-state index is 12.7. The molecule has 1 aromatic rings. The summed E-state index contributed by atoms with van der Waals surface area (Å²) in [5.41, 5.74) is -0.423. The molecule has 2 N–H and O–H groups in total. The van der Waals surface area contributed by atoms with Gasteiger partial charge < -0.3 is 10.6 Å². The Hall–Kier alpha value is -2.37. The third-order valence-corrected chi connectivity index (χ3v) is 4.65. The van der Waals surface area contributed by atoms with Gasteiger partial charge in [-0.2, -0.15) is 0 Å². The van der Waals surface area contributed by atoms with Gasteiger partial charge in [-0.05, 0) is 38.2 Å². The highest BCUT2D eigenvalue weighted by molar-refractivity contribution is 6.09. The Kier molecular flexibility index (Phi) is 3.83. The third-order valence-electron chi connectivity index (χ3n) is 4.65. The van der Waals surface area contributed by atoms with E-state index in [9.17, 15) is 14.4 Å². The average Bonchev–Trinajstić information content (AvgIpc) is 3.34. The number of benzene rings is 1. The van der Waals surface area contributed by atoms with Crippen molar-refractivity contribution in [3.63, 3.8) is 0 Å². The van der Waals surface area contributed by atoms with Gasteiger partial charge in [0.1, 0.15) is 12.1 Å². The van der Waals surface area contributed by atoms with E-state index in [0.717, 1.165) is 17.7 Å². The lowest BCUT2D eigenvalue weighted by atomic mass is 9.92. The van der Waals surface area contributed by atoms with Crippen molar-refractivity contribution in [3.05, 3.63) is 35.9 Å². The monoisotopic (exact) mass is 315 g/mol. The van der Waals surface area contributed by atoms with Gasteiger partial charge >= 0.3 is 6.03 Å². The SMILES string of the molecule is C[C@@H](NC(=O)CN1C(=O)N[C@](C)(c2ccccc2)C1=O)C1CC1. The molecule has 2 fully saturated rings. The Morgan fingerprint density at radius 3 is 2.61 bits per heavy atom. The summed E-state index contributed by atoms with van der Waals surface area (Å²) in [4.78, 5) is 37.9. The molecule has 0 bridgehead atoms. The molecule has 23 heavy (non-hydrogen) atoms. The summed E-state index contributed by atoms with van der Waals surface area (Å²) in [7, 11) is 0. The first kappa shape index (κ1) is 15.5. The number of hydrogen-bond donors (Lipinski definition) is 2. The van der Waals surface area contributed by atoms with Gasteiger partial charge in [-0.15, -0.1) is 0 Å². The molecule has 1 aromatic carbocycles. The zero-order chi connectivity index (χ0) is 16.6. The number of nitrogens with one attached hydrogen (secondary N) is 2. The molecule has 1 aliphatic heterocycles. The van der Waals surface area contributed by atoms with E-state index in [1.165, 1.54) is 0 Å². The number of hydrogen-bond acceptors (Lipinski definition) is 3. The Morgan fingerprint density at radius 1 is 1.35 bits per heavy atom. The molecular formula is C17H21N3O3. The zero-order valence-electron chi connectivity index (χ0n) is 13.3. The Bertz CT molecular complexity index is 642. The fourth-order valence-corrected chi connectivity index (χ4v) is 2.96. The van der Waals surface area contributed by atoms with Crippen LogP contribution in [0.5, 0.6) is 0 Å². The molecule has 0 spiro atoms. The summed E-state index contributed by atoms with van der Waals surface area (Å²) < 4.78 is 0. The molecule has 1 heterocycles. The molecule has 0 unspecified atom stereocenters. The summed E-state index contributed by atoms with van der Waals surface area (Å²) in [6.45, 7) is 3.37. The predicted molar refractivity (Wildman–Crippen MR) is 84.4 cm³/mol. The summed E-state index contributed by atoms with van der Waals surface area (Å²) in [6, 6.07) is 8.60. The van der Waals surface area contributed by atoms with E-state index < -0.39 is 17.5 Å². The van der Waals surface area contributed by atoms with Crippen LogP contribution in [0.3, 0.4) is 0 Å². The van der Waals surface area contributed by atoms with Gasteiger partial charge in [-0.3, -0.25) is 14.5 Å². The van der Waals surface area contributed by atoms with Crippen LogP contribution in [0.25, 0.3) is 0 Å². The normalized spacial score (nSPS) is 25.2. The quantitative estimate of drug-likeness (QED) is 0.806. The Labute approximate surface area is 135 Å². The van der Waals surface area contributed by atoms with Gasteiger partial charge in [-0.1, -0.05) is 30.3 Å². The van der Waals surface area contributed by atoms with Crippen LogP contribution in [0, 0.1) is 5.92 Å². The van der Waals surface area contributed by atoms with Crippen molar-refractivity contribution in [2.24, 2.45) is 5.92 Å². The summed E-state index contributed by atoms with van der Waals surface area (Å²) >= 11 is 0. The summed E-state index contributed by atoms with van der Waals surface area (Å²) in [5.74, 6) is -0.176. The van der Waals surface area contributed by atoms with Crippen LogP contribution in [0.4, 0.5) is 4.79 Å². The molecular weight excluding hydrogens is 294 g/mol. The van der Waals surface area contributed by atoms with E-state index in [2.05, 4.69) is 10.6 Å². The van der Waals surface area contributed by atoms with Gasteiger partial charge in [0.05, 0.1) is 0 Å². The van der Waals surface area contributed by atoms with E-state index in [1.807, 2.05) is 25.1 Å². The fraction of sp³-hybridized carbons (Fsp3) is 0.471. The van der Waals surface area contributed by atoms with Crippen LogP contribution in [-0.2, 0) is 15.1 Å². The molecule has 6 heteroatoms. The summed E-state index contributed by atoms with van der Waals surface area (Å²) in [5, 5.41) is 5.56. The van der Waals surface area contributed by atoms with Crippen LogP contribution in [-0.4, -0.2) is 35.3 Å². The van der Waals surface area contributed by atoms with Crippen LogP contribution in [0.15, 0.2) is 30.3 Å². The molecule has 4 amide bonds. The van der Waals surface area contributed by atoms with Crippen molar-refractivity contribution in [1.29, 1.82) is 0 Å². The number of rotatable bonds is 5. The smallest absolute Gasteiger partial charge is 0.325 e. The van der Waals surface area contributed by atoms with Crippen molar-refractivity contribution in [1.82, 2.24) is 15.5 Å². The van der Waals surface area contributed by atoms with Crippen LogP contribution < -0.4 is 10.6 Å². The fourth-order valence-electron chi connectivity index (χ4n) is 2.96. The lowest BCUT2D eigenvalue weighted by Gasteiger charge is -2.22. The third kappa shape index (κ3) is 2.93. The number of carbonyl (C=O) groups excluding carboxylic acids is 3. The number of amides is 4. The standard InChI is InChI=1S/C17H21N3O3/c1-11(12-8-9-12)18-14(21)10-20-15(22)17(2,19-16(20)23)13-6-4-3-5-7-13/h3-7,11-12H,8-10H2,1-2H3,(H,18,21)(H,19,23)/t11-,17-/m1/s1. The van der Waals surface area contributed by atoms with Crippen LogP contribution >= 0.6 is 0 Å². The van der Waals surface area contributed by atoms with E-state index in [4.69, 9.17) is 0 Å². The number of carbonyl (C=O) groups is 3. The number of imide groups is 1. The molecule has 2 aliphatic rings. The number of nitrogens with zero attached hydrogens (tertiary/aromatic N) is 1. The first-order chi connectivity index (χ1) is 10.9. The highest BCUT2D eigenvalue weighted by atomic mass is 16.2. The van der Waals surface area contributed by atoms with Gasteiger partial charge in [0, 0.05) is 6.04 Å². The highest BCUT2D eigenvalue weighted by Crippen LogP contribution is 2.32. The van der Waals surface area contributed by atoms with Crippen molar-refractivity contribution < 1.29 is 14.4 Å². The molecule has 122 valence electrons. The average molecular weight is 315 g/mol. The number of urea groups is 1. The van der Waals surface area contributed by atoms with Gasteiger partial charge in [0.2, 0.25) is 5.91 Å². The van der Waals surface area contributed by atoms with Crippen LogP contribution in [0.2, 0.25) is 0 Å². The van der Waals surface area contributed by atoms with Crippen molar-refractivity contribution in [3.8, 4) is 0 Å². The molecule has 1 saturated carbocycles. The first-order valence-electron chi connectivity index (χ1n) is 7.91. The van der Waals surface area contributed by atoms with E-state index >= 15 is 0 Å². The minimum absolute atomic E-state index is 0.0868. The molecule has 1 saturated heterocycles. The van der Waals surface area contributed by atoms with Crippen LogP contribution in [0.1, 0.15) is 32.3 Å². The van der Waals surface area contributed by atoms with E-state index in [-0.39, 0.29) is 18.5 Å². The van der Waals surface area contributed by atoms with Gasteiger partial charge in [-0.25, -0.2) is 4.79 Å². The largest absolute Gasteiger partial charge is 0.352 e. The minimum atomic E-state index is -1.12. The predicted octanol–water partition coefficient (Wildman–Crippen LogP) is 1.37. The van der Waals surface area contributed by atoms with Crippen molar-refractivity contribution in [2.45, 2.75) is 38.3 Å². The second-order valence-electron chi connectivity index (χ2n) is 6.51. The molecule has 6 nitrogen and oxygen atoms in total. The minimum Gasteiger partial charge on any atom is -0.352 e. The molecule has 3 rings (SSSR count). The first-order valence-corrected chi connectivity index (χ1v) is 7.91. The second kappa shape index (κ2) is 5.68. The lowest BCUT2D eigenvalue weighted by Crippen LogP contribution is -2.45.